The summed E-state index contributed by atoms with van der Waals surface area (Å²) >= 11 is 1.65. The fourth-order valence-electron chi connectivity index (χ4n) is 2.92. The van der Waals surface area contributed by atoms with E-state index >= 15 is 0 Å². The minimum atomic E-state index is 0.0560. The fourth-order valence-corrected chi connectivity index (χ4v) is 3.65. The Morgan fingerprint density at radius 1 is 0.962 bits per heavy atom. The SMILES string of the molecule is Cc1cc(C)c(NC(=O)CSCCCOc2cc(C)ccc2C)c(C)c1. The zero-order valence-electron chi connectivity index (χ0n) is 16.4. The van der Waals surface area contributed by atoms with E-state index in [4.69, 9.17) is 4.74 Å². The lowest BCUT2D eigenvalue weighted by Crippen LogP contribution is -2.16. The summed E-state index contributed by atoms with van der Waals surface area (Å²) in [7, 11) is 0. The van der Waals surface area contributed by atoms with Crippen LogP contribution in [0.3, 0.4) is 0 Å². The summed E-state index contributed by atoms with van der Waals surface area (Å²) in [6, 6.07) is 10.4. The summed E-state index contributed by atoms with van der Waals surface area (Å²) in [4.78, 5) is 12.2. The average molecular weight is 372 g/mol. The summed E-state index contributed by atoms with van der Waals surface area (Å²) in [6.07, 6.45) is 0.925. The summed E-state index contributed by atoms with van der Waals surface area (Å²) in [5.74, 6) is 2.39. The van der Waals surface area contributed by atoms with Gasteiger partial charge >= 0.3 is 0 Å². The monoisotopic (exact) mass is 371 g/mol. The second-order valence-electron chi connectivity index (χ2n) is 6.85. The van der Waals surface area contributed by atoms with Gasteiger partial charge in [0.15, 0.2) is 0 Å². The molecule has 0 spiro atoms. The Morgan fingerprint density at radius 2 is 1.65 bits per heavy atom. The van der Waals surface area contributed by atoms with Gasteiger partial charge in [-0.1, -0.05) is 29.8 Å². The second kappa shape index (κ2) is 9.67. The van der Waals surface area contributed by atoms with Crippen LogP contribution in [0.15, 0.2) is 30.3 Å². The molecule has 0 fully saturated rings. The first-order valence-corrected chi connectivity index (χ1v) is 10.2. The molecule has 2 aromatic carbocycles. The van der Waals surface area contributed by atoms with Crippen molar-refractivity contribution >= 4 is 23.4 Å². The van der Waals surface area contributed by atoms with Gasteiger partial charge in [-0.3, -0.25) is 4.79 Å². The van der Waals surface area contributed by atoms with Gasteiger partial charge in [-0.25, -0.2) is 0 Å². The Bertz CT molecular complexity index is 748. The minimum absolute atomic E-state index is 0.0560. The van der Waals surface area contributed by atoms with E-state index in [1.165, 1.54) is 11.1 Å². The molecule has 0 aromatic heterocycles. The molecule has 0 radical (unpaired) electrons. The van der Waals surface area contributed by atoms with Crippen molar-refractivity contribution in [2.75, 3.05) is 23.4 Å². The summed E-state index contributed by atoms with van der Waals surface area (Å²) in [5.41, 5.74) is 6.76. The Hall–Kier alpha value is -1.94. The van der Waals surface area contributed by atoms with Crippen LogP contribution in [0.4, 0.5) is 5.69 Å². The van der Waals surface area contributed by atoms with Crippen LogP contribution < -0.4 is 10.1 Å². The number of carbonyl (C=O) groups is 1. The van der Waals surface area contributed by atoms with E-state index in [1.807, 2.05) is 13.8 Å². The second-order valence-corrected chi connectivity index (χ2v) is 7.95. The summed E-state index contributed by atoms with van der Waals surface area (Å²) in [6.45, 7) is 10.9. The molecule has 0 bridgehead atoms. The maximum atomic E-state index is 12.2. The van der Waals surface area contributed by atoms with E-state index in [0.717, 1.165) is 40.3 Å². The Labute approximate surface area is 161 Å². The zero-order valence-corrected chi connectivity index (χ0v) is 17.3. The normalized spacial score (nSPS) is 10.7. The number of aryl methyl sites for hydroxylation is 5. The highest BCUT2D eigenvalue weighted by molar-refractivity contribution is 7.99. The van der Waals surface area contributed by atoms with Gasteiger partial charge in [0.05, 0.1) is 12.4 Å². The maximum absolute atomic E-state index is 12.2. The van der Waals surface area contributed by atoms with Crippen molar-refractivity contribution in [2.45, 2.75) is 41.0 Å². The highest BCUT2D eigenvalue weighted by Gasteiger charge is 2.08. The van der Waals surface area contributed by atoms with E-state index in [0.29, 0.717) is 12.4 Å². The standard InChI is InChI=1S/C22H29NO2S/c1-15-7-8-17(3)20(13-15)25-9-6-10-26-14-21(24)23-22-18(4)11-16(2)12-19(22)5/h7-8,11-13H,6,9-10,14H2,1-5H3,(H,23,24). The van der Waals surface area contributed by atoms with E-state index in [1.54, 1.807) is 11.8 Å². The van der Waals surface area contributed by atoms with Crippen LogP contribution in [0.2, 0.25) is 0 Å². The van der Waals surface area contributed by atoms with Crippen molar-refractivity contribution in [3.05, 3.63) is 58.1 Å². The molecule has 2 aromatic rings. The van der Waals surface area contributed by atoms with Crippen LogP contribution in [-0.4, -0.2) is 24.0 Å². The molecule has 1 N–H and O–H groups in total. The molecule has 0 atom stereocenters. The van der Waals surface area contributed by atoms with Crippen molar-refractivity contribution in [3.63, 3.8) is 0 Å². The Balaban J connectivity index is 1.68. The average Bonchev–Trinajstić information content (AvgIpc) is 2.57. The molecule has 0 aliphatic rings. The number of hydrogen-bond donors (Lipinski definition) is 1. The van der Waals surface area contributed by atoms with Gasteiger partial charge in [-0.2, -0.15) is 11.8 Å². The van der Waals surface area contributed by atoms with Crippen molar-refractivity contribution in [1.82, 2.24) is 0 Å². The highest BCUT2D eigenvalue weighted by Crippen LogP contribution is 2.22. The molecule has 2 rings (SSSR count). The van der Waals surface area contributed by atoms with E-state index < -0.39 is 0 Å². The third kappa shape index (κ3) is 6.10. The van der Waals surface area contributed by atoms with Gasteiger partial charge in [0.2, 0.25) is 5.91 Å². The van der Waals surface area contributed by atoms with Crippen molar-refractivity contribution in [1.29, 1.82) is 0 Å². The van der Waals surface area contributed by atoms with Gasteiger partial charge < -0.3 is 10.1 Å². The predicted molar refractivity (Wildman–Crippen MR) is 113 cm³/mol. The number of rotatable bonds is 8. The topological polar surface area (TPSA) is 38.3 Å². The molecule has 0 aliphatic heterocycles. The minimum Gasteiger partial charge on any atom is -0.493 e. The smallest absolute Gasteiger partial charge is 0.234 e. The highest BCUT2D eigenvalue weighted by atomic mass is 32.2. The van der Waals surface area contributed by atoms with E-state index in [2.05, 4.69) is 56.4 Å². The molecule has 0 saturated carbocycles. The predicted octanol–water partition coefficient (Wildman–Crippen LogP) is 5.37. The summed E-state index contributed by atoms with van der Waals surface area (Å²) < 4.78 is 5.85. The molecule has 0 unspecified atom stereocenters. The zero-order chi connectivity index (χ0) is 19.1. The van der Waals surface area contributed by atoms with Crippen LogP contribution in [-0.2, 0) is 4.79 Å². The van der Waals surface area contributed by atoms with Crippen LogP contribution in [0.25, 0.3) is 0 Å². The van der Waals surface area contributed by atoms with Crippen LogP contribution in [0, 0.1) is 34.6 Å². The number of anilines is 1. The number of thioether (sulfide) groups is 1. The molecule has 0 saturated heterocycles. The number of ether oxygens (including phenoxy) is 1. The van der Waals surface area contributed by atoms with Gasteiger partial charge in [-0.05, 0) is 75.1 Å². The van der Waals surface area contributed by atoms with Gasteiger partial charge in [0.1, 0.15) is 5.75 Å². The fraction of sp³-hybridized carbons (Fsp3) is 0.409. The first-order chi connectivity index (χ1) is 12.4. The molecule has 0 heterocycles. The molecule has 4 heteroatoms. The lowest BCUT2D eigenvalue weighted by atomic mass is 10.1. The lowest BCUT2D eigenvalue weighted by Gasteiger charge is -2.13. The van der Waals surface area contributed by atoms with Crippen LogP contribution in [0.1, 0.15) is 34.2 Å². The van der Waals surface area contributed by atoms with E-state index in [-0.39, 0.29) is 5.91 Å². The van der Waals surface area contributed by atoms with Crippen molar-refractivity contribution in [3.8, 4) is 5.75 Å². The van der Waals surface area contributed by atoms with Gasteiger partial charge in [0.25, 0.3) is 0 Å². The number of hydrogen-bond acceptors (Lipinski definition) is 3. The van der Waals surface area contributed by atoms with Crippen molar-refractivity contribution < 1.29 is 9.53 Å². The lowest BCUT2D eigenvalue weighted by molar-refractivity contribution is -0.113. The molecule has 140 valence electrons. The molecular formula is C22H29NO2S. The number of carbonyl (C=O) groups excluding carboxylic acids is 1. The Morgan fingerprint density at radius 3 is 2.35 bits per heavy atom. The number of amides is 1. The third-order valence-electron chi connectivity index (χ3n) is 4.21. The maximum Gasteiger partial charge on any atom is 0.234 e. The van der Waals surface area contributed by atoms with Crippen LogP contribution in [0.5, 0.6) is 5.75 Å². The van der Waals surface area contributed by atoms with E-state index in [9.17, 15) is 4.79 Å². The summed E-state index contributed by atoms with van der Waals surface area (Å²) in [5, 5.41) is 3.05. The molecular weight excluding hydrogens is 342 g/mol. The first kappa shape index (κ1) is 20.4. The van der Waals surface area contributed by atoms with Crippen molar-refractivity contribution in [2.24, 2.45) is 0 Å². The Kier molecular flexibility index (Phi) is 7.58. The molecule has 0 aliphatic carbocycles. The molecule has 26 heavy (non-hydrogen) atoms. The first-order valence-electron chi connectivity index (χ1n) is 9.02. The third-order valence-corrected chi connectivity index (χ3v) is 5.25. The number of benzene rings is 2. The largest absolute Gasteiger partial charge is 0.493 e. The number of nitrogens with one attached hydrogen (secondary N) is 1. The molecule has 3 nitrogen and oxygen atoms in total. The van der Waals surface area contributed by atoms with Gasteiger partial charge in [0, 0.05) is 5.69 Å². The quantitative estimate of drug-likeness (QED) is 0.634. The van der Waals surface area contributed by atoms with Crippen LogP contribution >= 0.6 is 11.8 Å². The van der Waals surface area contributed by atoms with Gasteiger partial charge in [-0.15, -0.1) is 0 Å². The molecule has 1 amide bonds.